The van der Waals surface area contributed by atoms with Crippen molar-refractivity contribution in [2.24, 2.45) is 5.73 Å². The lowest BCUT2D eigenvalue weighted by atomic mass is 9.91. The monoisotopic (exact) mass is 393 g/mol. The number of carbonyl (C=O) groups is 1. The van der Waals surface area contributed by atoms with E-state index < -0.39 is 17.6 Å². The number of nitrogens with two attached hydrogens (primary N) is 1. The van der Waals surface area contributed by atoms with Gasteiger partial charge in [0.25, 0.3) is 5.91 Å². The topological polar surface area (TPSA) is 89.7 Å². The molecule has 0 aromatic carbocycles. The van der Waals surface area contributed by atoms with Crippen LogP contribution in [0.2, 0.25) is 0 Å². The number of primary amides is 1. The molecule has 3 aromatic rings. The maximum absolute atomic E-state index is 13.3. The number of nitrogens with zero attached hydrogens (tertiary/aromatic N) is 4. The fourth-order valence-electron chi connectivity index (χ4n) is 3.76. The van der Waals surface area contributed by atoms with E-state index in [9.17, 15) is 18.0 Å². The van der Waals surface area contributed by atoms with Crippen LogP contribution in [0.5, 0.6) is 0 Å². The molecule has 10 heteroatoms. The number of anilines is 1. The molecule has 0 unspecified atom stereocenters. The first kappa shape index (κ1) is 18.3. The molecule has 148 valence electrons. The number of hydrogen-bond donors (Lipinski definition) is 1. The summed E-state index contributed by atoms with van der Waals surface area (Å²) in [5, 5.41) is 3.84. The lowest BCUT2D eigenvalue weighted by Gasteiger charge is -2.33. The first-order chi connectivity index (χ1) is 13.3. The van der Waals surface area contributed by atoms with E-state index in [0.29, 0.717) is 54.3 Å². The second-order valence-electron chi connectivity index (χ2n) is 6.92. The van der Waals surface area contributed by atoms with Crippen LogP contribution in [0.25, 0.3) is 5.52 Å². The summed E-state index contributed by atoms with van der Waals surface area (Å²) in [6.45, 7) is 2.65. The molecule has 1 saturated heterocycles. The molecule has 0 atom stereocenters. The molecule has 4 rings (SSSR count). The molecule has 0 radical (unpaired) electrons. The SMILES string of the molecule is Cc1noc(C2CCN(c3cc(C(F)(F)F)cc4cncn34)CC2)c1C(N)=O. The largest absolute Gasteiger partial charge is 0.416 e. The zero-order valence-corrected chi connectivity index (χ0v) is 15.0. The van der Waals surface area contributed by atoms with Crippen molar-refractivity contribution >= 4 is 17.2 Å². The molecule has 1 amide bonds. The van der Waals surface area contributed by atoms with Gasteiger partial charge in [-0.3, -0.25) is 9.20 Å². The molecular formula is C18H18F3N5O2. The molecule has 0 bridgehead atoms. The zero-order valence-electron chi connectivity index (χ0n) is 15.0. The molecule has 3 aromatic heterocycles. The van der Waals surface area contributed by atoms with Gasteiger partial charge in [-0.2, -0.15) is 13.2 Å². The average molecular weight is 393 g/mol. The number of aromatic nitrogens is 3. The number of piperidine rings is 1. The predicted octanol–water partition coefficient (Wildman–Crippen LogP) is 3.13. The van der Waals surface area contributed by atoms with Crippen LogP contribution >= 0.6 is 0 Å². The summed E-state index contributed by atoms with van der Waals surface area (Å²) in [6, 6.07) is 2.22. The summed E-state index contributed by atoms with van der Waals surface area (Å²) >= 11 is 0. The van der Waals surface area contributed by atoms with E-state index in [4.69, 9.17) is 10.3 Å². The summed E-state index contributed by atoms with van der Waals surface area (Å²) < 4.78 is 46.8. The van der Waals surface area contributed by atoms with Gasteiger partial charge in [-0.25, -0.2) is 4.98 Å². The number of carbonyl (C=O) groups excluding carboxylic acids is 1. The predicted molar refractivity (Wildman–Crippen MR) is 94.1 cm³/mol. The summed E-state index contributed by atoms with van der Waals surface area (Å²) in [4.78, 5) is 17.5. The minimum atomic E-state index is -4.44. The number of alkyl halides is 3. The van der Waals surface area contributed by atoms with Gasteiger partial charge in [-0.1, -0.05) is 5.16 Å². The fourth-order valence-corrected chi connectivity index (χ4v) is 3.76. The molecule has 4 heterocycles. The van der Waals surface area contributed by atoms with Crippen molar-refractivity contribution in [1.82, 2.24) is 14.5 Å². The maximum atomic E-state index is 13.3. The van der Waals surface area contributed by atoms with E-state index in [1.54, 1.807) is 11.3 Å². The number of amides is 1. The molecular weight excluding hydrogens is 375 g/mol. The van der Waals surface area contributed by atoms with E-state index in [1.165, 1.54) is 12.5 Å². The molecule has 1 fully saturated rings. The molecule has 28 heavy (non-hydrogen) atoms. The van der Waals surface area contributed by atoms with Crippen LogP contribution in [0.1, 0.15) is 46.1 Å². The van der Waals surface area contributed by atoms with Crippen LogP contribution in [0, 0.1) is 6.92 Å². The van der Waals surface area contributed by atoms with Crippen LogP contribution in [0.4, 0.5) is 19.0 Å². The van der Waals surface area contributed by atoms with E-state index in [1.807, 2.05) is 4.90 Å². The fraction of sp³-hybridized carbons (Fsp3) is 0.389. The molecule has 2 N–H and O–H groups in total. The van der Waals surface area contributed by atoms with Gasteiger partial charge in [0.1, 0.15) is 17.7 Å². The Morgan fingerprint density at radius 1 is 1.29 bits per heavy atom. The third-order valence-electron chi connectivity index (χ3n) is 5.15. The Hall–Kier alpha value is -3.04. The van der Waals surface area contributed by atoms with Gasteiger partial charge in [0, 0.05) is 19.0 Å². The third-order valence-corrected chi connectivity index (χ3v) is 5.15. The number of aryl methyl sites for hydroxylation is 1. The second-order valence-corrected chi connectivity index (χ2v) is 6.92. The standard InChI is InChI=1S/C18H18F3N5O2/c1-10-15(17(22)27)16(28-24-10)11-2-4-25(5-3-11)14-7-12(18(19,20)21)6-13-8-23-9-26(13)14/h6-9,11H,2-5H2,1H3,(H2,22,27). The number of hydrogen-bond acceptors (Lipinski definition) is 5. The molecule has 7 nitrogen and oxygen atoms in total. The van der Waals surface area contributed by atoms with Crippen molar-refractivity contribution in [1.29, 1.82) is 0 Å². The Labute approximate surface area is 157 Å². The lowest BCUT2D eigenvalue weighted by molar-refractivity contribution is -0.137. The molecule has 1 aliphatic heterocycles. The van der Waals surface area contributed by atoms with Gasteiger partial charge in [0.05, 0.1) is 23.0 Å². The average Bonchev–Trinajstić information content (AvgIpc) is 3.26. The van der Waals surface area contributed by atoms with Gasteiger partial charge in [0.15, 0.2) is 5.76 Å². The minimum absolute atomic E-state index is 0.0657. The number of fused-ring (bicyclic) bond motifs is 1. The van der Waals surface area contributed by atoms with Crippen molar-refractivity contribution in [2.75, 3.05) is 18.0 Å². The van der Waals surface area contributed by atoms with Crippen LogP contribution in [0.15, 0.2) is 29.2 Å². The van der Waals surface area contributed by atoms with Crippen molar-refractivity contribution in [3.63, 3.8) is 0 Å². The summed E-state index contributed by atoms with van der Waals surface area (Å²) in [5.41, 5.74) is 5.85. The normalized spacial score (nSPS) is 16.1. The van der Waals surface area contributed by atoms with Gasteiger partial charge >= 0.3 is 6.18 Å². The van der Waals surface area contributed by atoms with Crippen molar-refractivity contribution < 1.29 is 22.5 Å². The van der Waals surface area contributed by atoms with Crippen molar-refractivity contribution in [2.45, 2.75) is 31.9 Å². The number of imidazole rings is 1. The van der Waals surface area contributed by atoms with E-state index in [2.05, 4.69) is 10.1 Å². The summed E-state index contributed by atoms with van der Waals surface area (Å²) in [7, 11) is 0. The highest BCUT2D eigenvalue weighted by atomic mass is 19.4. The van der Waals surface area contributed by atoms with E-state index in [0.717, 1.165) is 12.1 Å². The van der Waals surface area contributed by atoms with Crippen molar-refractivity contribution in [3.05, 3.63) is 47.2 Å². The van der Waals surface area contributed by atoms with E-state index >= 15 is 0 Å². The Balaban J connectivity index is 1.61. The van der Waals surface area contributed by atoms with Crippen LogP contribution in [0.3, 0.4) is 0 Å². The zero-order chi connectivity index (χ0) is 20.1. The highest BCUT2D eigenvalue weighted by Crippen LogP contribution is 2.36. The Bertz CT molecular complexity index is 1030. The highest BCUT2D eigenvalue weighted by molar-refractivity contribution is 5.95. The third kappa shape index (κ3) is 3.08. The Morgan fingerprint density at radius 2 is 2.00 bits per heavy atom. The summed E-state index contributed by atoms with van der Waals surface area (Å²) in [6.07, 6.45) is -0.334. The summed E-state index contributed by atoms with van der Waals surface area (Å²) in [5.74, 6) is 0.240. The first-order valence-corrected chi connectivity index (χ1v) is 8.80. The molecule has 0 saturated carbocycles. The smallest absolute Gasteiger partial charge is 0.365 e. The van der Waals surface area contributed by atoms with Gasteiger partial charge < -0.3 is 15.2 Å². The maximum Gasteiger partial charge on any atom is 0.416 e. The lowest BCUT2D eigenvalue weighted by Crippen LogP contribution is -2.34. The quantitative estimate of drug-likeness (QED) is 0.738. The second kappa shape index (κ2) is 6.54. The van der Waals surface area contributed by atoms with Crippen LogP contribution in [-0.2, 0) is 6.18 Å². The number of pyridine rings is 1. The van der Waals surface area contributed by atoms with Gasteiger partial charge in [0.2, 0.25) is 0 Å². The van der Waals surface area contributed by atoms with Crippen LogP contribution in [-0.4, -0.2) is 33.5 Å². The van der Waals surface area contributed by atoms with E-state index in [-0.39, 0.29) is 5.92 Å². The van der Waals surface area contributed by atoms with Crippen molar-refractivity contribution in [3.8, 4) is 0 Å². The Morgan fingerprint density at radius 3 is 2.64 bits per heavy atom. The van der Waals surface area contributed by atoms with Crippen LogP contribution < -0.4 is 10.6 Å². The minimum Gasteiger partial charge on any atom is -0.365 e. The number of halogens is 3. The molecule has 0 spiro atoms. The Kier molecular flexibility index (Phi) is 4.28. The molecule has 1 aliphatic rings. The highest BCUT2D eigenvalue weighted by Gasteiger charge is 2.34. The first-order valence-electron chi connectivity index (χ1n) is 8.80. The van der Waals surface area contributed by atoms with Gasteiger partial charge in [-0.05, 0) is 31.9 Å². The number of rotatable bonds is 3. The molecule has 0 aliphatic carbocycles. The van der Waals surface area contributed by atoms with Gasteiger partial charge in [-0.15, -0.1) is 0 Å².